The minimum atomic E-state index is -1.05. The molecule has 0 aliphatic carbocycles. The van der Waals surface area contributed by atoms with Gasteiger partial charge in [0, 0.05) is 23.0 Å². The number of nitrogen functional groups attached to an aromatic ring is 1. The third kappa shape index (κ3) is 4.03. The second-order valence-corrected chi connectivity index (χ2v) is 7.20. The molecule has 30 heavy (non-hydrogen) atoms. The lowest BCUT2D eigenvalue weighted by atomic mass is 10.1. The van der Waals surface area contributed by atoms with E-state index >= 15 is 0 Å². The molecule has 0 saturated heterocycles. The van der Waals surface area contributed by atoms with Gasteiger partial charge < -0.3 is 21.5 Å². The number of anilines is 3. The van der Waals surface area contributed by atoms with Gasteiger partial charge in [-0.3, -0.25) is 4.79 Å². The third-order valence-electron chi connectivity index (χ3n) is 4.29. The highest BCUT2D eigenvalue weighted by Gasteiger charge is 2.13. The standard InChI is InChI=1S/C20H16N6O3S/c21-20-26-15(9-30-20)18(27)25-12-4-1-3-11(7-12)8-22-17-13-5-2-6-14(19(28)29)16(13)23-10-24-17/h1-7,9-10H,8H2,(H2,21,26)(H,25,27)(H,28,29)(H,22,23,24). The van der Waals surface area contributed by atoms with Crippen molar-refractivity contribution in [3.63, 3.8) is 0 Å². The van der Waals surface area contributed by atoms with Crippen LogP contribution in [-0.4, -0.2) is 31.9 Å². The topological polar surface area (TPSA) is 143 Å². The molecular formula is C20H16N6O3S. The molecular weight excluding hydrogens is 404 g/mol. The molecule has 0 atom stereocenters. The summed E-state index contributed by atoms with van der Waals surface area (Å²) >= 11 is 1.20. The maximum atomic E-state index is 12.2. The average molecular weight is 420 g/mol. The van der Waals surface area contributed by atoms with Crippen LogP contribution in [0.4, 0.5) is 16.6 Å². The quantitative estimate of drug-likeness (QED) is 0.372. The molecule has 150 valence electrons. The molecule has 2 aromatic heterocycles. The number of aromatic nitrogens is 3. The maximum absolute atomic E-state index is 12.2. The van der Waals surface area contributed by atoms with Gasteiger partial charge >= 0.3 is 5.97 Å². The molecule has 0 bridgehead atoms. The largest absolute Gasteiger partial charge is 0.478 e. The van der Waals surface area contributed by atoms with Gasteiger partial charge in [-0.2, -0.15) is 0 Å². The zero-order valence-corrected chi connectivity index (χ0v) is 16.3. The van der Waals surface area contributed by atoms with E-state index < -0.39 is 5.97 Å². The zero-order valence-electron chi connectivity index (χ0n) is 15.5. The van der Waals surface area contributed by atoms with Gasteiger partial charge in [0.2, 0.25) is 0 Å². The fraction of sp³-hybridized carbons (Fsp3) is 0.0500. The number of hydrogen-bond acceptors (Lipinski definition) is 8. The Morgan fingerprint density at radius 3 is 2.73 bits per heavy atom. The summed E-state index contributed by atoms with van der Waals surface area (Å²) < 4.78 is 0. The number of benzene rings is 2. The highest BCUT2D eigenvalue weighted by Crippen LogP contribution is 2.23. The highest BCUT2D eigenvalue weighted by molar-refractivity contribution is 7.13. The molecule has 0 unspecified atom stereocenters. The van der Waals surface area contributed by atoms with Crippen LogP contribution in [0.15, 0.2) is 54.2 Å². The predicted octanol–water partition coefficient (Wildman–Crippen LogP) is 3.23. The number of nitrogens with one attached hydrogen (secondary N) is 2. The lowest BCUT2D eigenvalue weighted by molar-refractivity contribution is 0.0698. The van der Waals surface area contributed by atoms with E-state index in [0.717, 1.165) is 5.56 Å². The number of carbonyl (C=O) groups excluding carboxylic acids is 1. The van der Waals surface area contributed by atoms with Crippen molar-refractivity contribution in [3.8, 4) is 0 Å². The molecule has 5 N–H and O–H groups in total. The summed E-state index contributed by atoms with van der Waals surface area (Å²) in [5.41, 5.74) is 7.83. The minimum absolute atomic E-state index is 0.116. The average Bonchev–Trinajstić information content (AvgIpc) is 3.18. The van der Waals surface area contributed by atoms with E-state index in [1.165, 1.54) is 23.7 Å². The summed E-state index contributed by atoms with van der Waals surface area (Å²) in [6.45, 7) is 0.413. The van der Waals surface area contributed by atoms with Crippen molar-refractivity contribution in [2.24, 2.45) is 0 Å². The molecule has 9 nitrogen and oxygen atoms in total. The molecule has 0 saturated carbocycles. The van der Waals surface area contributed by atoms with Crippen LogP contribution < -0.4 is 16.4 Å². The molecule has 0 aliphatic rings. The SMILES string of the molecule is Nc1nc(C(=O)Nc2cccc(CNc3ncnc4c(C(=O)O)cccc34)c2)cs1. The number of hydrogen-bond donors (Lipinski definition) is 4. The van der Waals surface area contributed by atoms with Gasteiger partial charge in [-0.05, 0) is 29.8 Å². The normalized spacial score (nSPS) is 10.7. The van der Waals surface area contributed by atoms with Crippen LogP contribution in [0.25, 0.3) is 10.9 Å². The summed E-state index contributed by atoms with van der Waals surface area (Å²) in [7, 11) is 0. The summed E-state index contributed by atoms with van der Waals surface area (Å²) in [6.07, 6.45) is 1.33. The van der Waals surface area contributed by atoms with Crippen molar-refractivity contribution < 1.29 is 14.7 Å². The van der Waals surface area contributed by atoms with Crippen molar-refractivity contribution >= 4 is 50.8 Å². The Morgan fingerprint density at radius 1 is 1.13 bits per heavy atom. The van der Waals surface area contributed by atoms with Gasteiger partial charge in [0.15, 0.2) is 5.13 Å². The molecule has 2 aromatic carbocycles. The Bertz CT molecular complexity index is 1260. The van der Waals surface area contributed by atoms with E-state index in [1.807, 2.05) is 18.2 Å². The minimum Gasteiger partial charge on any atom is -0.478 e. The smallest absolute Gasteiger partial charge is 0.337 e. The number of carbonyl (C=O) groups is 2. The second-order valence-electron chi connectivity index (χ2n) is 6.31. The van der Waals surface area contributed by atoms with Crippen molar-refractivity contribution in [1.29, 1.82) is 0 Å². The lowest BCUT2D eigenvalue weighted by Gasteiger charge is -2.11. The highest BCUT2D eigenvalue weighted by atomic mass is 32.1. The molecule has 4 aromatic rings. The van der Waals surface area contributed by atoms with E-state index in [1.54, 1.807) is 23.6 Å². The number of carboxylic acid groups (broad SMARTS) is 1. The van der Waals surface area contributed by atoms with E-state index in [2.05, 4.69) is 25.6 Å². The number of nitrogens with zero attached hydrogens (tertiary/aromatic N) is 3. The molecule has 10 heteroatoms. The van der Waals surface area contributed by atoms with Crippen molar-refractivity contribution in [1.82, 2.24) is 15.0 Å². The van der Waals surface area contributed by atoms with E-state index in [0.29, 0.717) is 34.1 Å². The number of amides is 1. The summed E-state index contributed by atoms with van der Waals surface area (Å²) in [4.78, 5) is 36.0. The number of carboxylic acids is 1. The maximum Gasteiger partial charge on any atom is 0.337 e. The first-order valence-electron chi connectivity index (χ1n) is 8.83. The number of aromatic carboxylic acids is 1. The Kier molecular flexibility index (Phi) is 5.22. The Morgan fingerprint density at radius 2 is 1.97 bits per heavy atom. The molecule has 4 rings (SSSR count). The first-order chi connectivity index (χ1) is 14.5. The van der Waals surface area contributed by atoms with Crippen molar-refractivity contribution in [2.75, 3.05) is 16.4 Å². The van der Waals surface area contributed by atoms with Gasteiger partial charge in [-0.1, -0.05) is 18.2 Å². The zero-order chi connectivity index (χ0) is 21.1. The molecule has 0 aliphatic heterocycles. The Labute approximate surface area is 174 Å². The first-order valence-corrected chi connectivity index (χ1v) is 9.71. The molecule has 1 amide bonds. The molecule has 2 heterocycles. The van der Waals surface area contributed by atoms with Crippen LogP contribution in [0.5, 0.6) is 0 Å². The van der Waals surface area contributed by atoms with Crippen molar-refractivity contribution in [3.05, 3.63) is 71.0 Å². The van der Waals surface area contributed by atoms with Crippen molar-refractivity contribution in [2.45, 2.75) is 6.54 Å². The van der Waals surface area contributed by atoms with Gasteiger partial charge in [0.25, 0.3) is 5.91 Å². The van der Waals surface area contributed by atoms with Crippen LogP contribution in [0.2, 0.25) is 0 Å². The summed E-state index contributed by atoms with van der Waals surface area (Å²) in [5.74, 6) is -0.859. The fourth-order valence-electron chi connectivity index (χ4n) is 2.93. The Balaban J connectivity index is 1.51. The molecule has 0 spiro atoms. The number of nitrogens with two attached hydrogens (primary N) is 1. The first kappa shape index (κ1) is 19.3. The number of fused-ring (bicyclic) bond motifs is 1. The van der Waals surface area contributed by atoms with E-state index in [-0.39, 0.29) is 17.2 Å². The van der Waals surface area contributed by atoms with Crippen LogP contribution >= 0.6 is 11.3 Å². The number of thiazole rings is 1. The number of para-hydroxylation sites is 1. The van der Waals surface area contributed by atoms with E-state index in [9.17, 15) is 14.7 Å². The molecule has 0 fully saturated rings. The summed E-state index contributed by atoms with van der Waals surface area (Å²) in [5, 5.41) is 17.9. The van der Waals surface area contributed by atoms with E-state index in [4.69, 9.17) is 5.73 Å². The van der Waals surface area contributed by atoms with Crippen LogP contribution in [-0.2, 0) is 6.54 Å². The second kappa shape index (κ2) is 8.13. The monoisotopic (exact) mass is 420 g/mol. The van der Waals surface area contributed by atoms with Gasteiger partial charge in [-0.25, -0.2) is 19.7 Å². The third-order valence-corrected chi connectivity index (χ3v) is 4.97. The number of rotatable bonds is 6. The van der Waals surface area contributed by atoms with Crippen LogP contribution in [0.3, 0.4) is 0 Å². The summed E-state index contributed by atoms with van der Waals surface area (Å²) in [6, 6.07) is 12.2. The predicted molar refractivity (Wildman–Crippen MR) is 115 cm³/mol. The van der Waals surface area contributed by atoms with Crippen LogP contribution in [0.1, 0.15) is 26.4 Å². The van der Waals surface area contributed by atoms with Gasteiger partial charge in [-0.15, -0.1) is 11.3 Å². The van der Waals surface area contributed by atoms with Gasteiger partial charge in [0.1, 0.15) is 17.8 Å². The lowest BCUT2D eigenvalue weighted by Crippen LogP contribution is -2.13. The Hall–Kier alpha value is -4.05. The fourth-order valence-corrected chi connectivity index (χ4v) is 3.48. The molecule has 0 radical (unpaired) electrons. The van der Waals surface area contributed by atoms with Crippen LogP contribution in [0, 0.1) is 0 Å². The van der Waals surface area contributed by atoms with Gasteiger partial charge in [0.05, 0.1) is 11.1 Å².